The van der Waals surface area contributed by atoms with Crippen LogP contribution >= 0.6 is 0 Å². The van der Waals surface area contributed by atoms with E-state index >= 15 is 0 Å². The summed E-state index contributed by atoms with van der Waals surface area (Å²) in [6.07, 6.45) is 6.10. The molecule has 1 fully saturated rings. The van der Waals surface area contributed by atoms with Crippen molar-refractivity contribution < 1.29 is 4.74 Å². The molecule has 2 N–H and O–H groups in total. The lowest BCUT2D eigenvalue weighted by Crippen LogP contribution is -2.46. The van der Waals surface area contributed by atoms with E-state index in [9.17, 15) is 0 Å². The summed E-state index contributed by atoms with van der Waals surface area (Å²) < 4.78 is 5.17. The van der Waals surface area contributed by atoms with E-state index in [0.717, 1.165) is 24.8 Å². The van der Waals surface area contributed by atoms with E-state index < -0.39 is 0 Å². The van der Waals surface area contributed by atoms with E-state index in [1.807, 2.05) is 12.1 Å². The molecule has 0 aromatic heterocycles. The van der Waals surface area contributed by atoms with Crippen molar-refractivity contribution in [3.05, 3.63) is 29.8 Å². The minimum Gasteiger partial charge on any atom is -0.497 e. The molecule has 2 rings (SSSR count). The van der Waals surface area contributed by atoms with Crippen LogP contribution in [0, 0.1) is 0 Å². The van der Waals surface area contributed by atoms with Gasteiger partial charge in [-0.05, 0) is 56.8 Å². The van der Waals surface area contributed by atoms with Gasteiger partial charge in [-0.2, -0.15) is 0 Å². The molecule has 0 spiro atoms. The molecule has 0 aliphatic carbocycles. The highest BCUT2D eigenvalue weighted by molar-refractivity contribution is 5.27. The van der Waals surface area contributed by atoms with Gasteiger partial charge < -0.3 is 15.4 Å². The van der Waals surface area contributed by atoms with Crippen LogP contribution in [0.15, 0.2) is 24.3 Å². The molecule has 0 radical (unpaired) electrons. The Morgan fingerprint density at radius 2 is 2.00 bits per heavy atom. The zero-order valence-electron chi connectivity index (χ0n) is 12.1. The first-order valence-electron chi connectivity index (χ1n) is 7.28. The third-order valence-corrected chi connectivity index (χ3v) is 4.18. The Hall–Kier alpha value is -1.06. The van der Waals surface area contributed by atoms with Gasteiger partial charge in [0.2, 0.25) is 0 Å². The number of methoxy groups -OCH3 is 1. The van der Waals surface area contributed by atoms with E-state index in [1.54, 1.807) is 7.11 Å². The zero-order chi connectivity index (χ0) is 13.7. The van der Waals surface area contributed by atoms with E-state index in [0.29, 0.717) is 6.04 Å². The van der Waals surface area contributed by atoms with Gasteiger partial charge in [0.1, 0.15) is 5.75 Å². The quantitative estimate of drug-likeness (QED) is 0.886. The Morgan fingerprint density at radius 1 is 1.26 bits per heavy atom. The second kappa shape index (κ2) is 6.92. The maximum atomic E-state index is 5.98. The van der Waals surface area contributed by atoms with Crippen molar-refractivity contribution >= 4 is 0 Å². The summed E-state index contributed by atoms with van der Waals surface area (Å²) in [6, 6.07) is 9.52. The first-order chi connectivity index (χ1) is 9.19. The highest BCUT2D eigenvalue weighted by Gasteiger charge is 2.22. The predicted molar refractivity (Wildman–Crippen MR) is 79.6 cm³/mol. The van der Waals surface area contributed by atoms with Gasteiger partial charge in [-0.15, -0.1) is 0 Å². The normalized spacial score (nSPS) is 24.4. The fourth-order valence-electron chi connectivity index (χ4n) is 2.94. The van der Waals surface area contributed by atoms with Crippen LogP contribution in [0.2, 0.25) is 0 Å². The second-order valence-corrected chi connectivity index (χ2v) is 5.67. The fraction of sp³-hybridized carbons (Fsp3) is 0.625. The van der Waals surface area contributed by atoms with Crippen LogP contribution < -0.4 is 10.5 Å². The van der Waals surface area contributed by atoms with Gasteiger partial charge in [-0.1, -0.05) is 12.1 Å². The second-order valence-electron chi connectivity index (χ2n) is 5.67. The smallest absolute Gasteiger partial charge is 0.118 e. The van der Waals surface area contributed by atoms with Crippen molar-refractivity contribution in [3.8, 4) is 5.75 Å². The van der Waals surface area contributed by atoms with Crippen molar-refractivity contribution in [2.24, 2.45) is 5.73 Å². The Bertz CT molecular complexity index is 377. The van der Waals surface area contributed by atoms with Crippen LogP contribution in [-0.4, -0.2) is 37.7 Å². The van der Waals surface area contributed by atoms with Gasteiger partial charge in [-0.25, -0.2) is 0 Å². The minimum absolute atomic E-state index is 0.378. The molecule has 1 aromatic rings. The van der Waals surface area contributed by atoms with Gasteiger partial charge in [0.25, 0.3) is 0 Å². The number of hydrogen-bond donors (Lipinski definition) is 1. The first-order valence-corrected chi connectivity index (χ1v) is 7.28. The third-order valence-electron chi connectivity index (χ3n) is 4.18. The number of nitrogens with zero attached hydrogens (tertiary/aromatic N) is 1. The van der Waals surface area contributed by atoms with Crippen LogP contribution in [-0.2, 0) is 6.42 Å². The third kappa shape index (κ3) is 4.22. The van der Waals surface area contributed by atoms with Crippen molar-refractivity contribution in [2.45, 2.75) is 44.2 Å². The number of likely N-dealkylation sites (N-methyl/N-ethyl adjacent to an activating group) is 1. The molecule has 19 heavy (non-hydrogen) atoms. The highest BCUT2D eigenvalue weighted by atomic mass is 16.5. The summed E-state index contributed by atoms with van der Waals surface area (Å²) in [5.41, 5.74) is 7.38. The number of aryl methyl sites for hydroxylation is 1. The molecule has 0 amide bonds. The van der Waals surface area contributed by atoms with Crippen LogP contribution in [0.5, 0.6) is 5.75 Å². The number of likely N-dealkylation sites (tertiary alicyclic amines) is 1. The molecular weight excluding hydrogens is 236 g/mol. The molecule has 2 atom stereocenters. The van der Waals surface area contributed by atoms with Crippen LogP contribution in [0.1, 0.15) is 31.2 Å². The van der Waals surface area contributed by atoms with E-state index in [4.69, 9.17) is 10.5 Å². The lowest BCUT2D eigenvalue weighted by atomic mass is 9.94. The molecule has 1 saturated heterocycles. The van der Waals surface area contributed by atoms with Crippen molar-refractivity contribution in [2.75, 3.05) is 20.7 Å². The molecule has 0 saturated carbocycles. The Balaban J connectivity index is 1.73. The summed E-state index contributed by atoms with van der Waals surface area (Å²) in [7, 11) is 3.91. The molecule has 0 bridgehead atoms. The number of benzene rings is 1. The summed E-state index contributed by atoms with van der Waals surface area (Å²) in [6.45, 7) is 1.05. The van der Waals surface area contributed by atoms with Crippen molar-refractivity contribution in [1.82, 2.24) is 4.90 Å². The topological polar surface area (TPSA) is 38.5 Å². The monoisotopic (exact) mass is 262 g/mol. The SMILES string of the molecule is COc1ccc(CCCC2CCC(N)CN2C)cc1. The lowest BCUT2D eigenvalue weighted by molar-refractivity contribution is 0.158. The van der Waals surface area contributed by atoms with Crippen LogP contribution in [0.4, 0.5) is 0 Å². The average Bonchev–Trinajstić information content (AvgIpc) is 2.42. The molecule has 106 valence electrons. The Labute approximate surface area is 116 Å². The maximum absolute atomic E-state index is 5.98. The number of hydrogen-bond acceptors (Lipinski definition) is 3. The summed E-state index contributed by atoms with van der Waals surface area (Å²) in [5, 5.41) is 0. The molecule has 1 heterocycles. The summed E-state index contributed by atoms with van der Waals surface area (Å²) in [4.78, 5) is 2.43. The zero-order valence-corrected chi connectivity index (χ0v) is 12.1. The molecule has 1 aliphatic rings. The average molecular weight is 262 g/mol. The van der Waals surface area contributed by atoms with Gasteiger partial charge in [0.15, 0.2) is 0 Å². The molecule has 3 nitrogen and oxygen atoms in total. The first kappa shape index (κ1) is 14.4. The van der Waals surface area contributed by atoms with Gasteiger partial charge in [-0.3, -0.25) is 0 Å². The standard InChI is InChI=1S/C16H26N2O/c1-18-12-14(17)8-9-15(18)5-3-4-13-6-10-16(19-2)11-7-13/h6-7,10-11,14-15H,3-5,8-9,12,17H2,1-2H3. The Morgan fingerprint density at radius 3 is 2.63 bits per heavy atom. The largest absolute Gasteiger partial charge is 0.497 e. The van der Waals surface area contributed by atoms with Crippen LogP contribution in [0.3, 0.4) is 0 Å². The van der Waals surface area contributed by atoms with E-state index in [2.05, 4.69) is 24.1 Å². The number of rotatable bonds is 5. The van der Waals surface area contributed by atoms with Crippen molar-refractivity contribution in [3.63, 3.8) is 0 Å². The number of piperidine rings is 1. The van der Waals surface area contributed by atoms with E-state index in [1.165, 1.54) is 31.2 Å². The molecular formula is C16H26N2O. The molecule has 3 heteroatoms. The predicted octanol–water partition coefficient (Wildman–Crippen LogP) is 2.44. The minimum atomic E-state index is 0.378. The maximum Gasteiger partial charge on any atom is 0.118 e. The van der Waals surface area contributed by atoms with E-state index in [-0.39, 0.29) is 0 Å². The number of ether oxygens (including phenoxy) is 1. The van der Waals surface area contributed by atoms with Gasteiger partial charge in [0.05, 0.1) is 7.11 Å². The van der Waals surface area contributed by atoms with Gasteiger partial charge >= 0.3 is 0 Å². The summed E-state index contributed by atoms with van der Waals surface area (Å²) >= 11 is 0. The number of nitrogens with two attached hydrogens (primary N) is 1. The lowest BCUT2D eigenvalue weighted by Gasteiger charge is -2.35. The molecule has 1 aliphatic heterocycles. The van der Waals surface area contributed by atoms with Gasteiger partial charge in [0, 0.05) is 18.6 Å². The summed E-state index contributed by atoms with van der Waals surface area (Å²) in [5.74, 6) is 0.935. The Kier molecular flexibility index (Phi) is 5.23. The van der Waals surface area contributed by atoms with Crippen LogP contribution in [0.25, 0.3) is 0 Å². The van der Waals surface area contributed by atoms with Crippen molar-refractivity contribution in [1.29, 1.82) is 0 Å². The fourth-order valence-corrected chi connectivity index (χ4v) is 2.94. The molecule has 2 unspecified atom stereocenters. The molecule has 1 aromatic carbocycles. The highest BCUT2D eigenvalue weighted by Crippen LogP contribution is 2.20.